The molecule has 2 aliphatic heterocycles. The Morgan fingerprint density at radius 3 is 2.62 bits per heavy atom. The van der Waals surface area contributed by atoms with Gasteiger partial charge in [0.15, 0.2) is 28.4 Å². The van der Waals surface area contributed by atoms with Crippen molar-refractivity contribution in [2.75, 3.05) is 20.0 Å². The van der Waals surface area contributed by atoms with E-state index in [0.29, 0.717) is 57.8 Å². The van der Waals surface area contributed by atoms with Crippen molar-refractivity contribution >= 4 is 28.5 Å². The van der Waals surface area contributed by atoms with Gasteiger partial charge in [0, 0.05) is 11.6 Å². The largest absolute Gasteiger partial charge is 0.490 e. The third kappa shape index (κ3) is 4.44. The van der Waals surface area contributed by atoms with Crippen LogP contribution in [0.25, 0.3) is 11.0 Å². The van der Waals surface area contributed by atoms with Gasteiger partial charge in [-0.3, -0.25) is 9.59 Å². The Bertz CT molecular complexity index is 1650. The second-order valence-corrected chi connectivity index (χ2v) is 9.76. The van der Waals surface area contributed by atoms with Gasteiger partial charge in [0.05, 0.1) is 30.2 Å². The Balaban J connectivity index is 1.50. The van der Waals surface area contributed by atoms with Crippen molar-refractivity contribution < 1.29 is 28.2 Å². The normalized spacial score (nSPS) is 15.6. The summed E-state index contributed by atoms with van der Waals surface area (Å²) in [6.45, 7) is 5.24. The van der Waals surface area contributed by atoms with Gasteiger partial charge >= 0.3 is 0 Å². The number of nitrogens with zero attached hydrogens (tertiary/aromatic N) is 1. The lowest BCUT2D eigenvalue weighted by Gasteiger charge is -2.26. The van der Waals surface area contributed by atoms with Gasteiger partial charge in [0.2, 0.25) is 12.6 Å². The first kappa shape index (κ1) is 25.1. The highest BCUT2D eigenvalue weighted by Gasteiger charge is 2.43. The Labute approximate surface area is 229 Å². The van der Waals surface area contributed by atoms with Gasteiger partial charge in [-0.2, -0.15) is 0 Å². The van der Waals surface area contributed by atoms with Crippen molar-refractivity contribution in [2.24, 2.45) is 0 Å². The highest BCUT2D eigenvalue weighted by atomic mass is 35.5. The molecular formula is C30H26ClNO7. The number of amides is 1. The van der Waals surface area contributed by atoms with Gasteiger partial charge in [0.1, 0.15) is 5.58 Å². The van der Waals surface area contributed by atoms with Crippen LogP contribution in [-0.2, 0) is 6.54 Å². The highest BCUT2D eigenvalue weighted by Crippen LogP contribution is 2.43. The fourth-order valence-corrected chi connectivity index (χ4v) is 5.20. The Morgan fingerprint density at radius 2 is 1.79 bits per heavy atom. The van der Waals surface area contributed by atoms with E-state index in [2.05, 4.69) is 0 Å². The van der Waals surface area contributed by atoms with E-state index in [1.165, 1.54) is 0 Å². The van der Waals surface area contributed by atoms with Crippen LogP contribution >= 0.6 is 11.6 Å². The quantitative estimate of drug-likeness (QED) is 0.263. The van der Waals surface area contributed by atoms with Crippen molar-refractivity contribution in [3.05, 3.63) is 92.3 Å². The van der Waals surface area contributed by atoms with Crippen LogP contribution in [0.5, 0.6) is 23.0 Å². The maximum Gasteiger partial charge on any atom is 0.291 e. The molecule has 39 heavy (non-hydrogen) atoms. The second kappa shape index (κ2) is 10.2. The fraction of sp³-hybridized carbons (Fsp3) is 0.267. The summed E-state index contributed by atoms with van der Waals surface area (Å²) >= 11 is 6.21. The minimum absolute atomic E-state index is 0.0184. The van der Waals surface area contributed by atoms with Gasteiger partial charge in [-0.15, -0.1) is 0 Å². The zero-order valence-corrected chi connectivity index (χ0v) is 22.2. The standard InChI is InChI=1S/C30H26ClNO7/c1-3-11-36-22-9-6-18(13-25(22)35-4-2)27-26-28(33)20-14-19(31)7-10-21(20)39-29(26)30(34)32(27)15-17-5-8-23-24(12-17)38-16-37-23/h5-10,12-14,27H,3-4,11,15-16H2,1-2H3. The summed E-state index contributed by atoms with van der Waals surface area (Å²) in [6, 6.07) is 15.1. The highest BCUT2D eigenvalue weighted by molar-refractivity contribution is 6.31. The summed E-state index contributed by atoms with van der Waals surface area (Å²) < 4.78 is 28.8. The average Bonchev–Trinajstić information content (AvgIpc) is 3.51. The van der Waals surface area contributed by atoms with Crippen LogP contribution in [0.2, 0.25) is 5.02 Å². The summed E-state index contributed by atoms with van der Waals surface area (Å²) in [5.41, 5.74) is 1.78. The molecule has 1 amide bonds. The molecule has 4 aromatic rings. The number of halogens is 1. The van der Waals surface area contributed by atoms with E-state index in [0.717, 1.165) is 12.0 Å². The molecule has 0 N–H and O–H groups in total. The predicted octanol–water partition coefficient (Wildman–Crippen LogP) is 6.11. The number of carbonyl (C=O) groups excluding carboxylic acids is 1. The number of hydrogen-bond acceptors (Lipinski definition) is 7. The maximum absolute atomic E-state index is 13.9. The molecule has 0 bridgehead atoms. The molecule has 3 heterocycles. The van der Waals surface area contributed by atoms with Crippen molar-refractivity contribution in [1.29, 1.82) is 0 Å². The Kier molecular flexibility index (Phi) is 6.56. The van der Waals surface area contributed by atoms with E-state index in [9.17, 15) is 9.59 Å². The first-order valence-corrected chi connectivity index (χ1v) is 13.2. The third-order valence-electron chi connectivity index (χ3n) is 6.76. The van der Waals surface area contributed by atoms with Crippen LogP contribution in [0.1, 0.15) is 53.6 Å². The summed E-state index contributed by atoms with van der Waals surface area (Å²) in [5.74, 6) is 2.04. The number of ether oxygens (including phenoxy) is 4. The molecule has 2 aliphatic rings. The minimum Gasteiger partial charge on any atom is -0.490 e. The molecular weight excluding hydrogens is 522 g/mol. The molecule has 1 aromatic heterocycles. The van der Waals surface area contributed by atoms with Gasteiger partial charge < -0.3 is 28.3 Å². The van der Waals surface area contributed by atoms with Crippen molar-refractivity contribution in [3.8, 4) is 23.0 Å². The molecule has 1 unspecified atom stereocenters. The van der Waals surface area contributed by atoms with Gasteiger partial charge in [-0.1, -0.05) is 30.7 Å². The van der Waals surface area contributed by atoms with Crippen LogP contribution in [0, 0.1) is 0 Å². The summed E-state index contributed by atoms with van der Waals surface area (Å²) in [7, 11) is 0. The summed E-state index contributed by atoms with van der Waals surface area (Å²) in [4.78, 5) is 29.4. The Hall–Kier alpha value is -4.17. The number of benzene rings is 3. The zero-order chi connectivity index (χ0) is 27.1. The van der Waals surface area contributed by atoms with E-state index < -0.39 is 6.04 Å². The molecule has 200 valence electrons. The molecule has 0 radical (unpaired) electrons. The van der Waals surface area contributed by atoms with E-state index in [4.69, 9.17) is 35.0 Å². The fourth-order valence-electron chi connectivity index (χ4n) is 5.03. The first-order valence-electron chi connectivity index (χ1n) is 12.8. The lowest BCUT2D eigenvalue weighted by atomic mass is 9.97. The molecule has 3 aromatic carbocycles. The maximum atomic E-state index is 13.9. The van der Waals surface area contributed by atoms with Crippen LogP contribution in [0.15, 0.2) is 63.8 Å². The van der Waals surface area contributed by atoms with Gasteiger partial charge in [-0.05, 0) is 66.9 Å². The van der Waals surface area contributed by atoms with Crippen LogP contribution in [0.3, 0.4) is 0 Å². The topological polar surface area (TPSA) is 87.4 Å². The second-order valence-electron chi connectivity index (χ2n) is 9.33. The molecule has 8 nitrogen and oxygen atoms in total. The summed E-state index contributed by atoms with van der Waals surface area (Å²) in [6.07, 6.45) is 0.845. The molecule has 6 rings (SSSR count). The Morgan fingerprint density at radius 1 is 0.949 bits per heavy atom. The molecule has 1 atom stereocenters. The van der Waals surface area contributed by atoms with Crippen LogP contribution in [-0.4, -0.2) is 30.8 Å². The monoisotopic (exact) mass is 547 g/mol. The number of rotatable bonds is 8. The predicted molar refractivity (Wildman–Crippen MR) is 145 cm³/mol. The van der Waals surface area contributed by atoms with Crippen molar-refractivity contribution in [1.82, 2.24) is 4.90 Å². The van der Waals surface area contributed by atoms with Crippen molar-refractivity contribution in [3.63, 3.8) is 0 Å². The molecule has 0 spiro atoms. The summed E-state index contributed by atoms with van der Waals surface area (Å²) in [5, 5.41) is 0.723. The smallest absolute Gasteiger partial charge is 0.291 e. The lowest BCUT2D eigenvalue weighted by Crippen LogP contribution is -2.29. The van der Waals surface area contributed by atoms with Crippen LogP contribution < -0.4 is 24.4 Å². The number of carbonyl (C=O) groups is 1. The molecule has 0 fully saturated rings. The number of fused-ring (bicyclic) bond motifs is 3. The van der Waals surface area contributed by atoms with E-state index in [-0.39, 0.29) is 36.0 Å². The van der Waals surface area contributed by atoms with E-state index >= 15 is 0 Å². The number of hydrogen-bond donors (Lipinski definition) is 0. The third-order valence-corrected chi connectivity index (χ3v) is 7.00. The van der Waals surface area contributed by atoms with Gasteiger partial charge in [0.25, 0.3) is 5.91 Å². The minimum atomic E-state index is -0.725. The first-order chi connectivity index (χ1) is 19.0. The van der Waals surface area contributed by atoms with Crippen LogP contribution in [0.4, 0.5) is 0 Å². The van der Waals surface area contributed by atoms with E-state index in [1.807, 2.05) is 50.2 Å². The molecule has 0 aliphatic carbocycles. The average molecular weight is 548 g/mol. The molecule has 9 heteroatoms. The van der Waals surface area contributed by atoms with E-state index in [1.54, 1.807) is 23.1 Å². The lowest BCUT2D eigenvalue weighted by molar-refractivity contribution is 0.0714. The zero-order valence-electron chi connectivity index (χ0n) is 21.5. The SMILES string of the molecule is CCCOc1ccc(C2c3c(oc4ccc(Cl)cc4c3=O)C(=O)N2Cc2ccc3c(c2)OCO3)cc1OCC. The van der Waals surface area contributed by atoms with Gasteiger partial charge in [-0.25, -0.2) is 0 Å². The molecule has 0 saturated heterocycles. The van der Waals surface area contributed by atoms with Crippen molar-refractivity contribution in [2.45, 2.75) is 32.9 Å². The molecule has 0 saturated carbocycles.